The Morgan fingerprint density at radius 1 is 1.43 bits per heavy atom. The summed E-state index contributed by atoms with van der Waals surface area (Å²) in [5, 5.41) is 0. The molecule has 0 saturated carbocycles. The maximum Gasteiger partial charge on any atom is 0.191 e. The van der Waals surface area contributed by atoms with Gasteiger partial charge in [-0.05, 0) is 32.6 Å². The van der Waals surface area contributed by atoms with Gasteiger partial charge in [0.2, 0.25) is 0 Å². The molecular formula is C16H26N4O. The van der Waals surface area contributed by atoms with E-state index >= 15 is 0 Å². The van der Waals surface area contributed by atoms with Crippen LogP contribution in [0, 0.1) is 19.8 Å². The fourth-order valence-electron chi connectivity index (χ4n) is 2.72. The number of guanidine groups is 1. The van der Waals surface area contributed by atoms with Gasteiger partial charge in [-0.15, -0.1) is 0 Å². The molecule has 2 N–H and O–H groups in total. The molecule has 0 amide bonds. The van der Waals surface area contributed by atoms with E-state index in [1.165, 1.54) is 12.8 Å². The highest BCUT2D eigenvalue weighted by atomic mass is 16.5. The van der Waals surface area contributed by atoms with Crippen molar-refractivity contribution in [1.29, 1.82) is 0 Å². The van der Waals surface area contributed by atoms with Crippen molar-refractivity contribution in [2.75, 3.05) is 20.2 Å². The molecule has 0 spiro atoms. The third-order valence-electron chi connectivity index (χ3n) is 4.25. The summed E-state index contributed by atoms with van der Waals surface area (Å²) in [6.45, 7) is 8.80. The van der Waals surface area contributed by atoms with E-state index in [1.54, 1.807) is 7.11 Å². The molecule has 1 aromatic heterocycles. The number of methoxy groups -OCH3 is 1. The molecule has 116 valence electrons. The van der Waals surface area contributed by atoms with E-state index in [2.05, 4.69) is 21.8 Å². The second-order valence-corrected chi connectivity index (χ2v) is 5.89. The number of hydrogen-bond donors (Lipinski definition) is 1. The van der Waals surface area contributed by atoms with Crippen LogP contribution in [0.15, 0.2) is 11.2 Å². The summed E-state index contributed by atoms with van der Waals surface area (Å²) in [4.78, 5) is 11.1. The number of nitrogens with zero attached hydrogens (tertiary/aromatic N) is 3. The normalized spacial score (nSPS) is 17.1. The third-order valence-corrected chi connectivity index (χ3v) is 4.25. The van der Waals surface area contributed by atoms with Crippen molar-refractivity contribution in [3.8, 4) is 5.75 Å². The molecule has 1 fully saturated rings. The maximum absolute atomic E-state index is 6.11. The van der Waals surface area contributed by atoms with Crippen molar-refractivity contribution < 1.29 is 4.74 Å². The van der Waals surface area contributed by atoms with Crippen molar-refractivity contribution in [2.45, 2.75) is 40.2 Å². The molecule has 0 atom stereocenters. The summed E-state index contributed by atoms with van der Waals surface area (Å²) < 4.78 is 5.42. The summed E-state index contributed by atoms with van der Waals surface area (Å²) in [6, 6.07) is 0. The van der Waals surface area contributed by atoms with Gasteiger partial charge in [0.05, 0.1) is 19.3 Å². The van der Waals surface area contributed by atoms with Crippen LogP contribution in [-0.4, -0.2) is 36.0 Å². The number of nitrogens with two attached hydrogens (primary N) is 1. The van der Waals surface area contributed by atoms with Crippen LogP contribution in [0.5, 0.6) is 5.75 Å². The molecule has 1 saturated heterocycles. The summed E-state index contributed by atoms with van der Waals surface area (Å²) in [5.41, 5.74) is 9.12. The first-order chi connectivity index (χ1) is 10.0. The van der Waals surface area contributed by atoms with Crippen LogP contribution in [0.3, 0.4) is 0 Å². The van der Waals surface area contributed by atoms with Gasteiger partial charge in [-0.2, -0.15) is 0 Å². The van der Waals surface area contributed by atoms with E-state index in [1.807, 2.05) is 20.0 Å². The standard InChI is InChI=1S/C16H26N4O/c1-11-5-7-20(8-6-11)16(17)19-10-14-13(3)15(21-4)12(2)9-18-14/h9,11H,5-8,10H2,1-4H3,(H2,17,19). The van der Waals surface area contributed by atoms with Gasteiger partial charge < -0.3 is 15.4 Å². The van der Waals surface area contributed by atoms with Crippen LogP contribution in [0.4, 0.5) is 0 Å². The van der Waals surface area contributed by atoms with Gasteiger partial charge in [-0.25, -0.2) is 4.99 Å². The molecule has 0 bridgehead atoms. The SMILES string of the molecule is COc1c(C)cnc(CN=C(N)N2CCC(C)CC2)c1C. The van der Waals surface area contributed by atoms with Gasteiger partial charge in [-0.1, -0.05) is 6.92 Å². The minimum Gasteiger partial charge on any atom is -0.496 e. The van der Waals surface area contributed by atoms with Crippen LogP contribution in [0.25, 0.3) is 0 Å². The predicted octanol–water partition coefficient (Wildman–Crippen LogP) is 2.25. The summed E-state index contributed by atoms with van der Waals surface area (Å²) in [7, 11) is 1.69. The number of aromatic nitrogens is 1. The minimum atomic E-state index is 0.500. The fraction of sp³-hybridized carbons (Fsp3) is 0.625. The molecule has 0 radical (unpaired) electrons. The van der Waals surface area contributed by atoms with Gasteiger partial charge in [0.15, 0.2) is 5.96 Å². The predicted molar refractivity (Wildman–Crippen MR) is 85.6 cm³/mol. The number of hydrogen-bond acceptors (Lipinski definition) is 3. The first kappa shape index (κ1) is 15.6. The molecule has 1 aliphatic rings. The Bertz CT molecular complexity index is 519. The lowest BCUT2D eigenvalue weighted by molar-refractivity contribution is 0.277. The number of ether oxygens (including phenoxy) is 1. The van der Waals surface area contributed by atoms with Gasteiger partial charge in [-0.3, -0.25) is 4.98 Å². The van der Waals surface area contributed by atoms with E-state index in [4.69, 9.17) is 10.5 Å². The maximum atomic E-state index is 6.11. The first-order valence-electron chi connectivity index (χ1n) is 7.56. The van der Waals surface area contributed by atoms with Gasteiger partial charge >= 0.3 is 0 Å². The lowest BCUT2D eigenvalue weighted by Crippen LogP contribution is -2.42. The number of aliphatic imine (C=N–C) groups is 1. The molecule has 1 aromatic rings. The smallest absolute Gasteiger partial charge is 0.191 e. The Labute approximate surface area is 127 Å². The van der Waals surface area contributed by atoms with Crippen LogP contribution < -0.4 is 10.5 Å². The largest absolute Gasteiger partial charge is 0.496 e. The van der Waals surface area contributed by atoms with Gasteiger partial charge in [0.1, 0.15) is 5.75 Å². The topological polar surface area (TPSA) is 63.7 Å². The molecule has 1 aliphatic heterocycles. The van der Waals surface area contributed by atoms with Crippen LogP contribution >= 0.6 is 0 Å². The molecule has 0 aliphatic carbocycles. The molecular weight excluding hydrogens is 264 g/mol. The molecule has 0 unspecified atom stereocenters. The molecule has 5 nitrogen and oxygen atoms in total. The highest BCUT2D eigenvalue weighted by Gasteiger charge is 2.17. The Hall–Kier alpha value is -1.78. The van der Waals surface area contributed by atoms with Crippen molar-refractivity contribution in [3.63, 3.8) is 0 Å². The Balaban J connectivity index is 2.06. The van der Waals surface area contributed by atoms with E-state index in [0.717, 1.165) is 41.6 Å². The molecule has 0 aromatic carbocycles. The van der Waals surface area contributed by atoms with E-state index < -0.39 is 0 Å². The summed E-state index contributed by atoms with van der Waals surface area (Å²) in [5.74, 6) is 2.31. The lowest BCUT2D eigenvalue weighted by Gasteiger charge is -2.31. The highest BCUT2D eigenvalue weighted by Crippen LogP contribution is 2.24. The lowest BCUT2D eigenvalue weighted by atomic mass is 10.00. The number of pyridine rings is 1. The Morgan fingerprint density at radius 2 is 2.10 bits per heavy atom. The van der Waals surface area contributed by atoms with Gasteiger partial charge in [0, 0.05) is 30.4 Å². The zero-order valence-electron chi connectivity index (χ0n) is 13.5. The molecule has 2 heterocycles. The second kappa shape index (κ2) is 6.78. The zero-order valence-corrected chi connectivity index (χ0v) is 13.5. The minimum absolute atomic E-state index is 0.500. The average molecular weight is 290 g/mol. The number of likely N-dealkylation sites (tertiary alicyclic amines) is 1. The van der Waals surface area contributed by atoms with Crippen molar-refractivity contribution in [2.24, 2.45) is 16.6 Å². The van der Waals surface area contributed by atoms with Crippen LogP contribution in [0.1, 0.15) is 36.6 Å². The summed E-state index contributed by atoms with van der Waals surface area (Å²) >= 11 is 0. The van der Waals surface area contributed by atoms with E-state index in [0.29, 0.717) is 12.5 Å². The highest BCUT2D eigenvalue weighted by molar-refractivity contribution is 5.78. The van der Waals surface area contributed by atoms with Crippen molar-refractivity contribution in [1.82, 2.24) is 9.88 Å². The van der Waals surface area contributed by atoms with Gasteiger partial charge in [0.25, 0.3) is 0 Å². The number of piperidine rings is 1. The third kappa shape index (κ3) is 3.65. The quantitative estimate of drug-likeness (QED) is 0.685. The fourth-order valence-corrected chi connectivity index (χ4v) is 2.72. The molecule has 21 heavy (non-hydrogen) atoms. The Kier molecular flexibility index (Phi) is 5.04. The number of rotatable bonds is 3. The van der Waals surface area contributed by atoms with Crippen LogP contribution in [0.2, 0.25) is 0 Å². The second-order valence-electron chi connectivity index (χ2n) is 5.89. The first-order valence-corrected chi connectivity index (χ1v) is 7.56. The number of aryl methyl sites for hydroxylation is 1. The molecule has 5 heteroatoms. The monoisotopic (exact) mass is 290 g/mol. The van der Waals surface area contributed by atoms with Crippen LogP contribution in [-0.2, 0) is 6.54 Å². The van der Waals surface area contributed by atoms with Crippen molar-refractivity contribution in [3.05, 3.63) is 23.0 Å². The van der Waals surface area contributed by atoms with E-state index in [9.17, 15) is 0 Å². The molecule has 2 rings (SSSR count). The Morgan fingerprint density at radius 3 is 2.71 bits per heavy atom. The average Bonchev–Trinajstić information content (AvgIpc) is 2.47. The van der Waals surface area contributed by atoms with Crippen molar-refractivity contribution >= 4 is 5.96 Å². The summed E-state index contributed by atoms with van der Waals surface area (Å²) in [6.07, 6.45) is 4.20. The van der Waals surface area contributed by atoms with E-state index in [-0.39, 0.29) is 0 Å². The zero-order chi connectivity index (χ0) is 15.4.